The second-order valence-electron chi connectivity index (χ2n) is 8.39. The lowest BCUT2D eigenvalue weighted by molar-refractivity contribution is -0.384. The summed E-state index contributed by atoms with van der Waals surface area (Å²) in [4.78, 5) is 27.8. The Labute approximate surface area is 207 Å². The molecule has 9 heteroatoms. The molecule has 0 spiro atoms. The number of amides is 1. The number of hydrogen-bond donors (Lipinski definition) is 1. The van der Waals surface area contributed by atoms with E-state index in [9.17, 15) is 14.9 Å². The van der Waals surface area contributed by atoms with E-state index in [4.69, 9.17) is 5.10 Å². The maximum absolute atomic E-state index is 12.8. The summed E-state index contributed by atoms with van der Waals surface area (Å²) in [5, 5.41) is 18.7. The molecule has 0 bridgehead atoms. The number of aromatic nitrogens is 4. The summed E-state index contributed by atoms with van der Waals surface area (Å²) in [6, 6.07) is 23.8. The monoisotopic (exact) mass is 480 g/mol. The first-order chi connectivity index (χ1) is 17.6. The summed E-state index contributed by atoms with van der Waals surface area (Å²) >= 11 is 0. The molecule has 180 valence electrons. The highest BCUT2D eigenvalue weighted by molar-refractivity contribution is 5.81. The van der Waals surface area contributed by atoms with Crippen LogP contribution in [0, 0.1) is 10.1 Å². The molecule has 0 unspecified atom stereocenters. The third kappa shape index (κ3) is 5.00. The van der Waals surface area contributed by atoms with Crippen LogP contribution >= 0.6 is 0 Å². The number of benzene rings is 3. The molecule has 0 saturated heterocycles. The van der Waals surface area contributed by atoms with Crippen molar-refractivity contribution in [2.24, 2.45) is 0 Å². The highest BCUT2D eigenvalue weighted by Gasteiger charge is 2.16. The van der Waals surface area contributed by atoms with Gasteiger partial charge in [0.15, 0.2) is 0 Å². The summed E-state index contributed by atoms with van der Waals surface area (Å²) in [5.74, 6) is -0.110. The van der Waals surface area contributed by atoms with Gasteiger partial charge in [0.25, 0.3) is 5.69 Å². The number of imidazole rings is 1. The number of fused-ring (bicyclic) bond motifs is 1. The third-order valence-corrected chi connectivity index (χ3v) is 5.94. The van der Waals surface area contributed by atoms with Gasteiger partial charge in [0.2, 0.25) is 5.91 Å². The fourth-order valence-electron chi connectivity index (χ4n) is 4.14. The van der Waals surface area contributed by atoms with Crippen molar-refractivity contribution < 1.29 is 9.72 Å². The van der Waals surface area contributed by atoms with Crippen LogP contribution in [-0.4, -0.2) is 36.7 Å². The Bertz CT molecular complexity index is 1510. The van der Waals surface area contributed by atoms with Crippen molar-refractivity contribution in [3.63, 3.8) is 0 Å². The van der Waals surface area contributed by atoms with Crippen molar-refractivity contribution in [1.82, 2.24) is 24.6 Å². The summed E-state index contributed by atoms with van der Waals surface area (Å²) in [6.07, 6.45) is 4.57. The molecule has 0 radical (unpaired) electrons. The Morgan fingerprint density at radius 2 is 1.72 bits per heavy atom. The largest absolute Gasteiger partial charge is 0.356 e. The molecule has 0 aliphatic rings. The highest BCUT2D eigenvalue weighted by Crippen LogP contribution is 2.26. The molecule has 0 atom stereocenters. The molecule has 0 aliphatic heterocycles. The number of nitro groups is 1. The average Bonchev–Trinajstić information content (AvgIpc) is 3.52. The van der Waals surface area contributed by atoms with Crippen LogP contribution in [0.15, 0.2) is 91.4 Å². The summed E-state index contributed by atoms with van der Waals surface area (Å²) in [5.41, 5.74) is 4.97. The van der Waals surface area contributed by atoms with E-state index in [0.29, 0.717) is 17.8 Å². The number of carbonyl (C=O) groups excluding carboxylic acids is 1. The van der Waals surface area contributed by atoms with E-state index in [0.717, 1.165) is 35.2 Å². The number of rotatable bonds is 9. The molecule has 2 aromatic heterocycles. The minimum atomic E-state index is -0.437. The van der Waals surface area contributed by atoms with Gasteiger partial charge in [-0.1, -0.05) is 30.3 Å². The second kappa shape index (κ2) is 10.2. The highest BCUT2D eigenvalue weighted by atomic mass is 16.6. The van der Waals surface area contributed by atoms with Gasteiger partial charge >= 0.3 is 0 Å². The number of non-ortho nitro benzene ring substituents is 1. The van der Waals surface area contributed by atoms with Crippen LogP contribution in [0.2, 0.25) is 0 Å². The van der Waals surface area contributed by atoms with Crippen molar-refractivity contribution in [2.45, 2.75) is 19.4 Å². The Kier molecular flexibility index (Phi) is 6.53. The van der Waals surface area contributed by atoms with Crippen molar-refractivity contribution in [3.05, 3.63) is 107 Å². The first-order valence-electron chi connectivity index (χ1n) is 11.6. The van der Waals surface area contributed by atoms with Crippen LogP contribution in [0.4, 0.5) is 5.69 Å². The van der Waals surface area contributed by atoms with E-state index in [2.05, 4.69) is 14.9 Å². The van der Waals surface area contributed by atoms with Gasteiger partial charge < -0.3 is 9.88 Å². The summed E-state index contributed by atoms with van der Waals surface area (Å²) in [6.45, 7) is 1.28. The van der Waals surface area contributed by atoms with Gasteiger partial charge in [0.05, 0.1) is 40.1 Å². The average molecular weight is 481 g/mol. The van der Waals surface area contributed by atoms with E-state index in [1.165, 1.54) is 12.1 Å². The summed E-state index contributed by atoms with van der Waals surface area (Å²) in [7, 11) is 0. The first kappa shape index (κ1) is 23.0. The van der Waals surface area contributed by atoms with E-state index in [1.54, 1.807) is 16.8 Å². The van der Waals surface area contributed by atoms with Crippen molar-refractivity contribution in [1.29, 1.82) is 0 Å². The number of nitrogens with one attached hydrogen (secondary N) is 1. The molecule has 5 aromatic rings. The van der Waals surface area contributed by atoms with Crippen LogP contribution in [0.1, 0.15) is 12.0 Å². The lowest BCUT2D eigenvalue weighted by Crippen LogP contribution is -2.26. The van der Waals surface area contributed by atoms with Crippen molar-refractivity contribution in [3.8, 4) is 16.9 Å². The Balaban J connectivity index is 1.28. The minimum absolute atomic E-state index is 0.00575. The standard InChI is InChI=1S/C27H24N6O3/c34-26(28-15-6-16-31-19-29-24-9-4-5-10-25(24)31)17-21-18-32(22-7-2-1-3-8-22)30-27(21)20-11-13-23(14-12-20)33(35)36/h1-5,7-14,18-19H,6,15-17H2,(H,28,34). The smallest absolute Gasteiger partial charge is 0.269 e. The number of carbonyl (C=O) groups is 1. The molecule has 5 rings (SSSR count). The van der Waals surface area contributed by atoms with E-state index in [1.807, 2.05) is 67.1 Å². The number of para-hydroxylation sites is 3. The Morgan fingerprint density at radius 3 is 2.50 bits per heavy atom. The molecule has 36 heavy (non-hydrogen) atoms. The van der Waals surface area contributed by atoms with Gasteiger partial charge in [-0.05, 0) is 42.8 Å². The Hall–Kier alpha value is -4.79. The van der Waals surface area contributed by atoms with Gasteiger partial charge in [-0.25, -0.2) is 9.67 Å². The quantitative estimate of drug-likeness (QED) is 0.189. The molecular weight excluding hydrogens is 456 g/mol. The topological polar surface area (TPSA) is 108 Å². The van der Waals surface area contributed by atoms with Gasteiger partial charge in [-0.2, -0.15) is 5.10 Å². The van der Waals surface area contributed by atoms with Crippen LogP contribution in [0.25, 0.3) is 28.0 Å². The zero-order chi connectivity index (χ0) is 24.9. The predicted octanol–water partition coefficient (Wildman–Crippen LogP) is 4.55. The Morgan fingerprint density at radius 1 is 0.972 bits per heavy atom. The second-order valence-corrected chi connectivity index (χ2v) is 8.39. The minimum Gasteiger partial charge on any atom is -0.356 e. The first-order valence-corrected chi connectivity index (χ1v) is 11.6. The molecular formula is C27H24N6O3. The zero-order valence-corrected chi connectivity index (χ0v) is 19.4. The van der Waals surface area contributed by atoms with Crippen LogP contribution in [0.3, 0.4) is 0 Å². The molecule has 1 N–H and O–H groups in total. The van der Waals surface area contributed by atoms with Gasteiger partial charge in [0, 0.05) is 42.5 Å². The number of aryl methyl sites for hydroxylation is 1. The fourth-order valence-corrected chi connectivity index (χ4v) is 4.14. The lowest BCUT2D eigenvalue weighted by Gasteiger charge is -2.07. The van der Waals surface area contributed by atoms with Gasteiger partial charge in [-0.15, -0.1) is 0 Å². The molecule has 2 heterocycles. The maximum atomic E-state index is 12.8. The fraction of sp³-hybridized carbons (Fsp3) is 0.148. The van der Waals surface area contributed by atoms with Crippen LogP contribution in [-0.2, 0) is 17.8 Å². The predicted molar refractivity (Wildman–Crippen MR) is 137 cm³/mol. The molecule has 1 amide bonds. The zero-order valence-electron chi connectivity index (χ0n) is 19.4. The van der Waals surface area contributed by atoms with Crippen LogP contribution in [0.5, 0.6) is 0 Å². The third-order valence-electron chi connectivity index (χ3n) is 5.94. The lowest BCUT2D eigenvalue weighted by atomic mass is 10.1. The molecule has 0 saturated carbocycles. The molecule has 0 fully saturated rings. The van der Waals surface area contributed by atoms with Gasteiger partial charge in [-0.3, -0.25) is 14.9 Å². The molecule has 0 aliphatic carbocycles. The SMILES string of the molecule is O=C(Cc1cn(-c2ccccc2)nc1-c1ccc([N+](=O)[O-])cc1)NCCCn1cnc2ccccc21. The normalized spacial score (nSPS) is 11.0. The molecule has 3 aromatic carbocycles. The van der Waals surface area contributed by atoms with Crippen LogP contribution < -0.4 is 5.32 Å². The number of nitro benzene ring substituents is 1. The molecule has 9 nitrogen and oxygen atoms in total. The van der Waals surface area contributed by atoms with Crippen molar-refractivity contribution in [2.75, 3.05) is 6.54 Å². The van der Waals surface area contributed by atoms with Crippen molar-refractivity contribution >= 4 is 22.6 Å². The van der Waals surface area contributed by atoms with E-state index < -0.39 is 4.92 Å². The maximum Gasteiger partial charge on any atom is 0.269 e. The van der Waals surface area contributed by atoms with E-state index >= 15 is 0 Å². The van der Waals surface area contributed by atoms with E-state index in [-0.39, 0.29) is 18.0 Å². The van der Waals surface area contributed by atoms with Gasteiger partial charge in [0.1, 0.15) is 0 Å². The number of nitrogens with zero attached hydrogens (tertiary/aromatic N) is 5. The number of hydrogen-bond acceptors (Lipinski definition) is 5. The summed E-state index contributed by atoms with van der Waals surface area (Å²) < 4.78 is 3.81.